The van der Waals surface area contributed by atoms with E-state index in [1.54, 1.807) is 20.0 Å². The van der Waals surface area contributed by atoms with Crippen LogP contribution in [0.4, 0.5) is 0 Å². The highest BCUT2D eigenvalue weighted by molar-refractivity contribution is 5.72. The molecular weight excluding hydrogens is 258 g/mol. The number of pyridine rings is 1. The van der Waals surface area contributed by atoms with Crippen molar-refractivity contribution in [2.75, 3.05) is 6.61 Å². The number of aromatic nitrogens is 3. The molecule has 0 bridgehead atoms. The third kappa shape index (κ3) is 3.40. The van der Waals surface area contributed by atoms with Crippen molar-refractivity contribution in [2.45, 2.75) is 27.2 Å². The summed E-state index contributed by atoms with van der Waals surface area (Å²) in [6.07, 6.45) is 2.10. The molecule has 0 saturated heterocycles. The smallest absolute Gasteiger partial charge is 0.309 e. The molecule has 2 rings (SSSR count). The number of hydrogen-bond donors (Lipinski definition) is 0. The minimum atomic E-state index is -0.311. The van der Waals surface area contributed by atoms with Crippen LogP contribution in [0.5, 0.6) is 0 Å². The molecule has 0 aliphatic rings. The molecule has 0 spiro atoms. The largest absolute Gasteiger partial charge is 0.466 e. The fourth-order valence-corrected chi connectivity index (χ4v) is 1.67. The number of ether oxygens (including phenoxy) is 1. The van der Waals surface area contributed by atoms with Crippen molar-refractivity contribution in [3.05, 3.63) is 29.8 Å². The van der Waals surface area contributed by atoms with Crippen LogP contribution in [-0.2, 0) is 16.0 Å². The third-order valence-corrected chi connectivity index (χ3v) is 2.78. The molecular formula is C14H17N3O3. The highest BCUT2D eigenvalue weighted by Gasteiger charge is 2.19. The van der Waals surface area contributed by atoms with E-state index in [1.165, 1.54) is 0 Å². The Labute approximate surface area is 117 Å². The first kappa shape index (κ1) is 14.2. The van der Waals surface area contributed by atoms with Crippen molar-refractivity contribution in [1.82, 2.24) is 15.1 Å². The zero-order valence-corrected chi connectivity index (χ0v) is 11.8. The van der Waals surface area contributed by atoms with E-state index in [0.29, 0.717) is 30.4 Å². The normalized spacial score (nSPS) is 12.2. The number of aryl methyl sites for hydroxylation is 1. The maximum atomic E-state index is 11.5. The third-order valence-electron chi connectivity index (χ3n) is 2.78. The molecule has 6 nitrogen and oxygen atoms in total. The topological polar surface area (TPSA) is 78.1 Å². The number of nitrogens with zero attached hydrogens (tertiary/aromatic N) is 3. The summed E-state index contributed by atoms with van der Waals surface area (Å²) < 4.78 is 10.1. The lowest BCUT2D eigenvalue weighted by Gasteiger charge is -2.06. The van der Waals surface area contributed by atoms with Crippen LogP contribution in [0, 0.1) is 12.8 Å². The molecule has 6 heteroatoms. The lowest BCUT2D eigenvalue weighted by atomic mass is 10.1. The summed E-state index contributed by atoms with van der Waals surface area (Å²) >= 11 is 0. The first-order valence-electron chi connectivity index (χ1n) is 6.52. The molecule has 1 atom stereocenters. The molecule has 1 unspecified atom stereocenters. The monoisotopic (exact) mass is 275 g/mol. The average molecular weight is 275 g/mol. The molecule has 0 aliphatic heterocycles. The van der Waals surface area contributed by atoms with Crippen LogP contribution < -0.4 is 0 Å². The van der Waals surface area contributed by atoms with E-state index < -0.39 is 0 Å². The Morgan fingerprint density at radius 2 is 2.25 bits per heavy atom. The minimum Gasteiger partial charge on any atom is -0.466 e. The Morgan fingerprint density at radius 3 is 2.90 bits per heavy atom. The first-order chi connectivity index (χ1) is 9.60. The van der Waals surface area contributed by atoms with Crippen LogP contribution in [0.15, 0.2) is 22.9 Å². The Hall–Kier alpha value is -2.24. The van der Waals surface area contributed by atoms with Crippen LogP contribution in [0.2, 0.25) is 0 Å². The van der Waals surface area contributed by atoms with Crippen molar-refractivity contribution in [1.29, 1.82) is 0 Å². The summed E-state index contributed by atoms with van der Waals surface area (Å²) in [7, 11) is 0. The van der Waals surface area contributed by atoms with Crippen molar-refractivity contribution in [2.24, 2.45) is 5.92 Å². The number of carbonyl (C=O) groups excluding carboxylic acids is 1. The average Bonchev–Trinajstić information content (AvgIpc) is 2.88. The van der Waals surface area contributed by atoms with Crippen molar-refractivity contribution >= 4 is 5.97 Å². The van der Waals surface area contributed by atoms with Gasteiger partial charge in [0.25, 0.3) is 0 Å². The Morgan fingerprint density at radius 1 is 1.45 bits per heavy atom. The Bertz CT molecular complexity index is 578. The SMILES string of the molecule is CCOC(=O)C(C)Cc1nc(-c2ccc(C)cn2)no1. The van der Waals surface area contributed by atoms with Crippen LogP contribution in [0.25, 0.3) is 11.5 Å². The second kappa shape index (κ2) is 6.27. The molecule has 0 saturated carbocycles. The first-order valence-corrected chi connectivity index (χ1v) is 6.52. The second-order valence-electron chi connectivity index (χ2n) is 4.59. The highest BCUT2D eigenvalue weighted by Crippen LogP contribution is 2.15. The van der Waals surface area contributed by atoms with Gasteiger partial charge >= 0.3 is 5.97 Å². The lowest BCUT2D eigenvalue weighted by Crippen LogP contribution is -2.17. The van der Waals surface area contributed by atoms with Gasteiger partial charge in [0.1, 0.15) is 5.69 Å². The molecule has 20 heavy (non-hydrogen) atoms. The van der Waals surface area contributed by atoms with Crippen molar-refractivity contribution in [3.63, 3.8) is 0 Å². The molecule has 0 aliphatic carbocycles. The number of carbonyl (C=O) groups is 1. The van der Waals surface area contributed by atoms with Gasteiger partial charge in [-0.05, 0) is 25.5 Å². The molecule has 2 heterocycles. The number of hydrogen-bond acceptors (Lipinski definition) is 6. The van der Waals surface area contributed by atoms with Gasteiger partial charge in [0.15, 0.2) is 0 Å². The summed E-state index contributed by atoms with van der Waals surface area (Å²) in [6.45, 7) is 5.87. The molecule has 106 valence electrons. The van der Waals surface area contributed by atoms with Gasteiger partial charge in [0.05, 0.1) is 12.5 Å². The fourth-order valence-electron chi connectivity index (χ4n) is 1.67. The van der Waals surface area contributed by atoms with E-state index in [2.05, 4.69) is 15.1 Å². The fraction of sp³-hybridized carbons (Fsp3) is 0.429. The molecule has 0 fully saturated rings. The van der Waals surface area contributed by atoms with E-state index in [9.17, 15) is 4.79 Å². The predicted octanol–water partition coefficient (Wildman–Crippen LogP) is 2.18. The van der Waals surface area contributed by atoms with Gasteiger partial charge in [-0.1, -0.05) is 18.1 Å². The van der Waals surface area contributed by atoms with Gasteiger partial charge in [0.2, 0.25) is 11.7 Å². The quantitative estimate of drug-likeness (QED) is 0.778. The van der Waals surface area contributed by atoms with Crippen molar-refractivity contribution in [3.8, 4) is 11.5 Å². The standard InChI is InChI=1S/C14H17N3O3/c1-4-19-14(18)10(3)7-12-16-13(17-20-12)11-6-5-9(2)8-15-11/h5-6,8,10H,4,7H2,1-3H3. The van der Waals surface area contributed by atoms with Gasteiger partial charge in [-0.15, -0.1) is 0 Å². The summed E-state index contributed by atoms with van der Waals surface area (Å²) in [4.78, 5) is 20.0. The zero-order valence-electron chi connectivity index (χ0n) is 11.8. The van der Waals surface area contributed by atoms with Crippen molar-refractivity contribution < 1.29 is 14.1 Å². The van der Waals surface area contributed by atoms with E-state index >= 15 is 0 Å². The van der Waals surface area contributed by atoms with Crippen LogP contribution >= 0.6 is 0 Å². The maximum absolute atomic E-state index is 11.5. The summed E-state index contributed by atoms with van der Waals surface area (Å²) in [6, 6.07) is 3.76. The van der Waals surface area contributed by atoms with Crippen LogP contribution in [0.3, 0.4) is 0 Å². The van der Waals surface area contributed by atoms with Crippen LogP contribution in [-0.4, -0.2) is 27.7 Å². The maximum Gasteiger partial charge on any atom is 0.309 e. The van der Waals surface area contributed by atoms with Gasteiger partial charge in [0, 0.05) is 12.6 Å². The van der Waals surface area contributed by atoms with Crippen LogP contribution in [0.1, 0.15) is 25.3 Å². The van der Waals surface area contributed by atoms with E-state index in [4.69, 9.17) is 9.26 Å². The zero-order chi connectivity index (χ0) is 14.5. The molecule has 0 aromatic carbocycles. The van der Waals surface area contributed by atoms with Gasteiger partial charge in [-0.2, -0.15) is 4.98 Å². The summed E-state index contributed by atoms with van der Waals surface area (Å²) in [5.41, 5.74) is 1.71. The second-order valence-corrected chi connectivity index (χ2v) is 4.59. The lowest BCUT2D eigenvalue weighted by molar-refractivity contribution is -0.147. The van der Waals surface area contributed by atoms with E-state index in [-0.39, 0.29) is 11.9 Å². The summed E-state index contributed by atoms with van der Waals surface area (Å²) in [5.74, 6) is 0.258. The van der Waals surface area contributed by atoms with Gasteiger partial charge in [-0.3, -0.25) is 9.78 Å². The Kier molecular flexibility index (Phi) is 4.45. The molecule has 2 aromatic rings. The van der Waals surface area contributed by atoms with E-state index in [1.807, 2.05) is 19.1 Å². The molecule has 0 N–H and O–H groups in total. The minimum absolute atomic E-state index is 0.263. The van der Waals surface area contributed by atoms with E-state index in [0.717, 1.165) is 5.56 Å². The Balaban J connectivity index is 2.05. The number of esters is 1. The number of rotatable bonds is 5. The molecule has 0 amide bonds. The summed E-state index contributed by atoms with van der Waals surface area (Å²) in [5, 5.41) is 3.87. The van der Waals surface area contributed by atoms with Gasteiger partial charge < -0.3 is 9.26 Å². The predicted molar refractivity (Wildman–Crippen MR) is 71.8 cm³/mol. The molecule has 2 aromatic heterocycles. The molecule has 0 radical (unpaired) electrons. The van der Waals surface area contributed by atoms with Gasteiger partial charge in [-0.25, -0.2) is 0 Å². The highest BCUT2D eigenvalue weighted by atomic mass is 16.5.